The number of nitrogens with zero attached hydrogens (tertiary/aromatic N) is 1. The zero-order valence-electron chi connectivity index (χ0n) is 11.3. The minimum Gasteiger partial charge on any atom is -0.481 e. The molecule has 3 N–H and O–H groups in total. The monoisotopic (exact) mass is 299 g/mol. The second-order valence-corrected chi connectivity index (χ2v) is 5.83. The number of anilines is 1. The van der Waals surface area contributed by atoms with Gasteiger partial charge in [-0.3, -0.25) is 14.0 Å². The molecule has 1 aromatic rings. The first-order chi connectivity index (χ1) is 9.36. The van der Waals surface area contributed by atoms with Crippen LogP contribution in [0.25, 0.3) is 0 Å². The number of carboxylic acid groups (broad SMARTS) is 1. The molecule has 2 amide bonds. The Morgan fingerprint density at radius 3 is 2.65 bits per heavy atom. The number of rotatable bonds is 6. The predicted octanol–water partition coefficient (Wildman–Crippen LogP) is 0.597. The second-order valence-electron chi connectivity index (χ2n) is 4.35. The number of nitrogens with one attached hydrogen (secondary N) is 2. The molecule has 0 aliphatic rings. The molecule has 0 aliphatic heterocycles. The fraction of sp³-hybridized carbons (Fsp3) is 0.417. The number of amides is 2. The average Bonchev–Trinajstić information content (AvgIpc) is 2.29. The van der Waals surface area contributed by atoms with Gasteiger partial charge < -0.3 is 15.7 Å². The fourth-order valence-electron chi connectivity index (χ4n) is 1.54. The van der Waals surface area contributed by atoms with E-state index < -0.39 is 22.8 Å². The molecule has 0 spiro atoms. The molecule has 0 radical (unpaired) electrons. The van der Waals surface area contributed by atoms with Crippen LogP contribution in [0, 0.1) is 0 Å². The lowest BCUT2D eigenvalue weighted by Gasteiger charge is -2.13. The van der Waals surface area contributed by atoms with E-state index in [1.807, 2.05) is 0 Å². The van der Waals surface area contributed by atoms with Gasteiger partial charge >= 0.3 is 12.0 Å². The standard InChI is InChI=1S/C12H17N3O4S/c1-8(7-20(2)19)14-12(18)15-10-4-3-9(13-6-10)5-11(16)17/h3-4,6,8H,5,7H2,1-2H3,(H,16,17)(H2,14,15,18). The highest BCUT2D eigenvalue weighted by atomic mass is 32.2. The summed E-state index contributed by atoms with van der Waals surface area (Å²) in [7, 11) is -0.978. The molecule has 1 aromatic heterocycles. The van der Waals surface area contributed by atoms with E-state index >= 15 is 0 Å². The molecule has 2 unspecified atom stereocenters. The van der Waals surface area contributed by atoms with Crippen molar-refractivity contribution in [3.05, 3.63) is 24.0 Å². The van der Waals surface area contributed by atoms with Gasteiger partial charge in [0.15, 0.2) is 0 Å². The first-order valence-electron chi connectivity index (χ1n) is 5.91. The Kier molecular flexibility index (Phi) is 6.10. The van der Waals surface area contributed by atoms with Crippen LogP contribution in [0.2, 0.25) is 0 Å². The van der Waals surface area contributed by atoms with Crippen molar-refractivity contribution in [2.75, 3.05) is 17.3 Å². The van der Waals surface area contributed by atoms with Crippen LogP contribution < -0.4 is 10.6 Å². The number of hydrogen-bond acceptors (Lipinski definition) is 4. The molecular weight excluding hydrogens is 282 g/mol. The summed E-state index contributed by atoms with van der Waals surface area (Å²) in [6.07, 6.45) is 2.80. The summed E-state index contributed by atoms with van der Waals surface area (Å²) in [5.74, 6) is -0.583. The third-order valence-electron chi connectivity index (χ3n) is 2.28. The number of aromatic nitrogens is 1. The van der Waals surface area contributed by atoms with Gasteiger partial charge in [-0.05, 0) is 19.1 Å². The predicted molar refractivity (Wildman–Crippen MR) is 76.1 cm³/mol. The van der Waals surface area contributed by atoms with Gasteiger partial charge in [-0.1, -0.05) is 0 Å². The zero-order chi connectivity index (χ0) is 15.1. The number of hydrogen-bond donors (Lipinski definition) is 3. The van der Waals surface area contributed by atoms with Crippen molar-refractivity contribution < 1.29 is 18.9 Å². The molecule has 20 heavy (non-hydrogen) atoms. The summed E-state index contributed by atoms with van der Waals surface area (Å²) in [4.78, 5) is 26.0. The topological polar surface area (TPSA) is 108 Å². The molecule has 110 valence electrons. The number of carbonyl (C=O) groups excluding carboxylic acids is 1. The van der Waals surface area contributed by atoms with E-state index in [0.29, 0.717) is 17.1 Å². The smallest absolute Gasteiger partial charge is 0.319 e. The van der Waals surface area contributed by atoms with Gasteiger partial charge in [-0.2, -0.15) is 0 Å². The SMILES string of the molecule is CC(CS(C)=O)NC(=O)Nc1ccc(CC(=O)O)nc1. The summed E-state index contributed by atoms with van der Waals surface area (Å²) in [5.41, 5.74) is 0.875. The Bertz CT molecular complexity index is 504. The number of pyridine rings is 1. The van der Waals surface area contributed by atoms with E-state index in [0.717, 1.165) is 0 Å². The maximum absolute atomic E-state index is 11.6. The van der Waals surface area contributed by atoms with Crippen LogP contribution in [0.4, 0.5) is 10.5 Å². The van der Waals surface area contributed by atoms with Crippen LogP contribution in [0.1, 0.15) is 12.6 Å². The number of carboxylic acids is 1. The maximum atomic E-state index is 11.6. The summed E-state index contributed by atoms with van der Waals surface area (Å²) < 4.78 is 11.0. The first-order valence-corrected chi connectivity index (χ1v) is 7.64. The zero-order valence-corrected chi connectivity index (χ0v) is 12.1. The van der Waals surface area contributed by atoms with Crippen LogP contribution in [0.3, 0.4) is 0 Å². The second kappa shape index (κ2) is 7.59. The van der Waals surface area contributed by atoms with E-state index in [4.69, 9.17) is 5.11 Å². The van der Waals surface area contributed by atoms with Gasteiger partial charge in [0.25, 0.3) is 0 Å². The minimum absolute atomic E-state index is 0.161. The Balaban J connectivity index is 2.49. The molecule has 0 bridgehead atoms. The summed E-state index contributed by atoms with van der Waals surface area (Å²) in [6, 6.07) is 2.48. The molecule has 8 heteroatoms. The van der Waals surface area contributed by atoms with Gasteiger partial charge in [0.05, 0.1) is 24.0 Å². The highest BCUT2D eigenvalue weighted by Gasteiger charge is 2.09. The van der Waals surface area contributed by atoms with E-state index in [9.17, 15) is 13.8 Å². The van der Waals surface area contributed by atoms with Crippen molar-refractivity contribution in [3.8, 4) is 0 Å². The van der Waals surface area contributed by atoms with Crippen molar-refractivity contribution in [2.24, 2.45) is 0 Å². The van der Waals surface area contributed by atoms with Crippen LogP contribution in [0.5, 0.6) is 0 Å². The normalized spacial score (nSPS) is 13.3. The minimum atomic E-state index is -0.978. The Morgan fingerprint density at radius 1 is 1.45 bits per heavy atom. The average molecular weight is 299 g/mol. The Morgan fingerprint density at radius 2 is 2.15 bits per heavy atom. The van der Waals surface area contributed by atoms with Crippen LogP contribution in [-0.2, 0) is 22.0 Å². The van der Waals surface area contributed by atoms with E-state index in [1.165, 1.54) is 12.3 Å². The van der Waals surface area contributed by atoms with Crippen LogP contribution in [0.15, 0.2) is 18.3 Å². The molecule has 7 nitrogen and oxygen atoms in total. The first kappa shape index (κ1) is 16.1. The van der Waals surface area contributed by atoms with Gasteiger partial charge in [0.2, 0.25) is 0 Å². The van der Waals surface area contributed by atoms with Gasteiger partial charge in [-0.15, -0.1) is 0 Å². The number of aliphatic carboxylic acids is 1. The van der Waals surface area contributed by atoms with Crippen molar-refractivity contribution in [1.29, 1.82) is 0 Å². The van der Waals surface area contributed by atoms with Crippen LogP contribution >= 0.6 is 0 Å². The molecule has 0 saturated heterocycles. The third-order valence-corrected chi connectivity index (χ3v) is 3.25. The molecule has 0 aliphatic carbocycles. The molecule has 0 fully saturated rings. The maximum Gasteiger partial charge on any atom is 0.319 e. The summed E-state index contributed by atoms with van der Waals surface area (Å²) in [5, 5.41) is 13.8. The van der Waals surface area contributed by atoms with E-state index in [-0.39, 0.29) is 12.5 Å². The quantitative estimate of drug-likeness (QED) is 0.712. The van der Waals surface area contributed by atoms with E-state index in [2.05, 4.69) is 15.6 Å². The lowest BCUT2D eigenvalue weighted by atomic mass is 10.2. The van der Waals surface area contributed by atoms with Gasteiger partial charge in [-0.25, -0.2) is 4.79 Å². The van der Waals surface area contributed by atoms with E-state index in [1.54, 1.807) is 19.2 Å². The van der Waals surface area contributed by atoms with Crippen LogP contribution in [-0.4, -0.2) is 44.4 Å². The molecular formula is C12H17N3O4S. The Hall–Kier alpha value is -1.96. The summed E-state index contributed by atoms with van der Waals surface area (Å²) in [6.45, 7) is 1.76. The van der Waals surface area contributed by atoms with Crippen molar-refractivity contribution in [2.45, 2.75) is 19.4 Å². The molecule has 1 rings (SSSR count). The Labute approximate surface area is 119 Å². The van der Waals surface area contributed by atoms with Gasteiger partial charge in [0, 0.05) is 28.9 Å². The molecule has 0 saturated carbocycles. The number of carbonyl (C=O) groups is 2. The van der Waals surface area contributed by atoms with Crippen molar-refractivity contribution in [3.63, 3.8) is 0 Å². The molecule has 0 aromatic carbocycles. The lowest BCUT2D eigenvalue weighted by Crippen LogP contribution is -2.39. The van der Waals surface area contributed by atoms with Crippen molar-refractivity contribution >= 4 is 28.5 Å². The lowest BCUT2D eigenvalue weighted by molar-refractivity contribution is -0.136. The third kappa shape index (κ3) is 6.28. The largest absolute Gasteiger partial charge is 0.481 e. The highest BCUT2D eigenvalue weighted by molar-refractivity contribution is 7.84. The fourth-order valence-corrected chi connectivity index (χ4v) is 2.33. The summed E-state index contributed by atoms with van der Waals surface area (Å²) >= 11 is 0. The molecule has 1 heterocycles. The van der Waals surface area contributed by atoms with Crippen molar-refractivity contribution in [1.82, 2.24) is 10.3 Å². The highest BCUT2D eigenvalue weighted by Crippen LogP contribution is 2.06. The number of urea groups is 1. The molecule has 2 atom stereocenters. The van der Waals surface area contributed by atoms with Gasteiger partial charge in [0.1, 0.15) is 0 Å².